The van der Waals surface area contributed by atoms with Crippen LogP contribution in [0.1, 0.15) is 41.5 Å². The highest BCUT2D eigenvalue weighted by Gasteiger charge is 2.41. The monoisotopic (exact) mass is 224 g/mol. The average Bonchev–Trinajstić information content (AvgIpc) is 2.40. The van der Waals surface area contributed by atoms with E-state index in [0.29, 0.717) is 6.61 Å². The van der Waals surface area contributed by atoms with Crippen LogP contribution in [0, 0.1) is 0 Å². The summed E-state index contributed by atoms with van der Waals surface area (Å²) in [5, 5.41) is 9.91. The van der Waals surface area contributed by atoms with Crippen molar-refractivity contribution in [2.75, 3.05) is 6.61 Å². The highest BCUT2D eigenvalue weighted by Crippen LogP contribution is 2.36. The maximum atomic E-state index is 10.0. The van der Waals surface area contributed by atoms with E-state index in [4.69, 9.17) is 9.31 Å². The summed E-state index contributed by atoms with van der Waals surface area (Å²) in [6.07, 6.45) is 0. The Morgan fingerprint density at radius 2 is 1.81 bits per heavy atom. The lowest BCUT2D eigenvalue weighted by molar-refractivity contribution is 0.0414. The molecule has 0 aromatic carbocycles. The van der Waals surface area contributed by atoms with Crippen molar-refractivity contribution < 1.29 is 14.4 Å². The summed E-state index contributed by atoms with van der Waals surface area (Å²) in [5.41, 5.74) is -0.843. The lowest BCUT2D eigenvalue weighted by Crippen LogP contribution is -2.44. The molecule has 1 N–H and O–H groups in total. The van der Waals surface area contributed by atoms with Gasteiger partial charge in [-0.3, -0.25) is 0 Å². The van der Waals surface area contributed by atoms with E-state index in [9.17, 15) is 5.11 Å². The number of aliphatic hydroxyl groups is 1. The van der Waals surface area contributed by atoms with Crippen molar-refractivity contribution in [2.45, 2.75) is 58.1 Å². The molecular weight excluding hydrogens is 201 g/mol. The Labute approximate surface area is 101 Å². The minimum absolute atomic E-state index is 0.114. The molecule has 1 rings (SSSR count). The van der Waals surface area contributed by atoms with E-state index in [1.807, 2.05) is 27.7 Å². The topological polar surface area (TPSA) is 38.7 Å². The van der Waals surface area contributed by atoms with E-state index in [0.717, 1.165) is 14.2 Å². The van der Waals surface area contributed by atoms with E-state index in [2.05, 4.69) is 13.8 Å². The fourth-order valence-corrected chi connectivity index (χ4v) is 1.64. The van der Waals surface area contributed by atoms with Crippen LogP contribution in [0.25, 0.3) is 0 Å². The maximum Gasteiger partial charge on any atom is 0.393 e. The molecular formula is C10H23B3O3. The van der Waals surface area contributed by atoms with Gasteiger partial charge in [0.2, 0.25) is 0 Å². The Morgan fingerprint density at radius 3 is 2.19 bits per heavy atom. The van der Waals surface area contributed by atoms with E-state index < -0.39 is 5.60 Å². The molecule has 0 amide bonds. The Morgan fingerprint density at radius 1 is 1.25 bits per heavy atom. The highest BCUT2D eigenvalue weighted by molar-refractivity contribution is 7.33. The lowest BCUT2D eigenvalue weighted by Gasteiger charge is -2.37. The summed E-state index contributed by atoms with van der Waals surface area (Å²) in [6, 6.07) is 0. The third-order valence-electron chi connectivity index (χ3n) is 3.73. The van der Waals surface area contributed by atoms with Gasteiger partial charge in [-0.25, -0.2) is 0 Å². The molecule has 0 unspecified atom stereocenters. The Hall–Kier alpha value is 0.0748. The fraction of sp³-hybridized carbons (Fsp3) is 1.00. The summed E-state index contributed by atoms with van der Waals surface area (Å²) in [5.74, 6) is 0. The molecule has 16 heavy (non-hydrogen) atoms. The summed E-state index contributed by atoms with van der Waals surface area (Å²) < 4.78 is 11.3. The van der Waals surface area contributed by atoms with E-state index in [1.54, 1.807) is 0 Å². The predicted octanol–water partition coefficient (Wildman–Crippen LogP) is 0.554. The predicted molar refractivity (Wildman–Crippen MR) is 71.5 cm³/mol. The van der Waals surface area contributed by atoms with Crippen LogP contribution in [0.5, 0.6) is 0 Å². The number of rotatable bonds is 4. The van der Waals surface area contributed by atoms with Gasteiger partial charge in [-0.05, 0) is 33.0 Å². The lowest BCUT2D eigenvalue weighted by atomic mass is 9.15. The summed E-state index contributed by atoms with van der Waals surface area (Å²) in [6.45, 7) is 12.6. The van der Waals surface area contributed by atoms with Gasteiger partial charge in [0.05, 0.1) is 25.0 Å². The molecule has 1 heterocycles. The first-order valence-electron chi connectivity index (χ1n) is 6.05. The maximum absolute atomic E-state index is 10.0. The molecule has 0 saturated carbocycles. The van der Waals surface area contributed by atoms with Gasteiger partial charge in [0.15, 0.2) is 0 Å². The molecule has 0 aromatic rings. The number of hydrogen-bond donors (Lipinski definition) is 1. The third kappa shape index (κ3) is 3.54. The smallest absolute Gasteiger partial charge is 0.393 e. The van der Waals surface area contributed by atoms with Crippen molar-refractivity contribution in [3.63, 3.8) is 0 Å². The van der Waals surface area contributed by atoms with E-state index >= 15 is 0 Å². The summed E-state index contributed by atoms with van der Waals surface area (Å²) >= 11 is 0. The average molecular weight is 224 g/mol. The van der Waals surface area contributed by atoms with Crippen LogP contribution in [0.2, 0.25) is 5.31 Å². The first kappa shape index (κ1) is 14.1. The Balaban J connectivity index is 2.42. The van der Waals surface area contributed by atoms with E-state index in [-0.39, 0.29) is 17.9 Å². The molecule has 1 aliphatic heterocycles. The largest absolute Gasteiger partial charge is 0.415 e. The zero-order valence-electron chi connectivity index (χ0n) is 11.5. The quantitative estimate of drug-likeness (QED) is 0.708. The van der Waals surface area contributed by atoms with Gasteiger partial charge in [-0.15, -0.1) is 0 Å². The first-order chi connectivity index (χ1) is 7.04. The molecule has 1 saturated heterocycles. The van der Waals surface area contributed by atoms with Gasteiger partial charge in [0.25, 0.3) is 0 Å². The second kappa shape index (κ2) is 4.39. The van der Waals surface area contributed by atoms with Gasteiger partial charge in [0, 0.05) is 0 Å². The van der Waals surface area contributed by atoms with Crippen LogP contribution in [0.3, 0.4) is 0 Å². The molecule has 0 bridgehead atoms. The zero-order valence-corrected chi connectivity index (χ0v) is 11.5. The van der Waals surface area contributed by atoms with Crippen LogP contribution in [-0.4, -0.2) is 44.2 Å². The third-order valence-corrected chi connectivity index (χ3v) is 3.73. The molecule has 3 nitrogen and oxygen atoms in total. The minimum atomic E-state index is -0.679. The van der Waals surface area contributed by atoms with Crippen LogP contribution >= 0.6 is 0 Å². The Kier molecular flexibility index (Phi) is 3.88. The molecule has 1 aliphatic rings. The second-order valence-electron chi connectivity index (χ2n) is 6.60. The minimum Gasteiger partial charge on any atom is -0.415 e. The molecule has 90 valence electrons. The van der Waals surface area contributed by atoms with Crippen LogP contribution in [0.4, 0.5) is 0 Å². The molecule has 0 aliphatic carbocycles. The SMILES string of the molecule is CC1(C)COB(BBC(C)(C)C(C)(C)O)O1. The van der Waals surface area contributed by atoms with Crippen molar-refractivity contribution in [3.05, 3.63) is 0 Å². The van der Waals surface area contributed by atoms with Crippen molar-refractivity contribution in [1.82, 2.24) is 0 Å². The highest BCUT2D eigenvalue weighted by atomic mass is 16.6. The van der Waals surface area contributed by atoms with Crippen molar-refractivity contribution in [2.24, 2.45) is 0 Å². The standard InChI is InChI=1S/C10H23B3O3/c1-8(2)7-15-13(16-8)12-11-9(3,4)10(5,6)14/h11-12,14H,7H2,1-6H3. The van der Waals surface area contributed by atoms with Gasteiger partial charge in [-0.1, -0.05) is 13.8 Å². The van der Waals surface area contributed by atoms with Crippen molar-refractivity contribution >= 4 is 21.2 Å². The van der Waals surface area contributed by atoms with Gasteiger partial charge in [0.1, 0.15) is 7.06 Å². The normalized spacial score (nSPS) is 21.1. The van der Waals surface area contributed by atoms with Crippen LogP contribution < -0.4 is 0 Å². The van der Waals surface area contributed by atoms with Crippen LogP contribution in [-0.2, 0) is 9.31 Å². The van der Waals surface area contributed by atoms with E-state index in [1.165, 1.54) is 0 Å². The van der Waals surface area contributed by atoms with Crippen molar-refractivity contribution in [3.8, 4) is 0 Å². The molecule has 6 heteroatoms. The summed E-state index contributed by atoms with van der Waals surface area (Å²) in [4.78, 5) is 0. The number of hydrogen-bond acceptors (Lipinski definition) is 3. The molecule has 0 atom stereocenters. The molecule has 0 radical (unpaired) electrons. The molecule has 0 spiro atoms. The van der Waals surface area contributed by atoms with Gasteiger partial charge >= 0.3 is 7.01 Å². The van der Waals surface area contributed by atoms with Crippen LogP contribution in [0.15, 0.2) is 0 Å². The zero-order chi connectivity index (χ0) is 12.6. The van der Waals surface area contributed by atoms with Gasteiger partial charge < -0.3 is 14.4 Å². The molecule has 1 fully saturated rings. The fourth-order valence-electron chi connectivity index (χ4n) is 1.64. The first-order valence-corrected chi connectivity index (χ1v) is 6.05. The second-order valence-corrected chi connectivity index (χ2v) is 6.60. The molecule has 0 aromatic heterocycles. The Bertz CT molecular complexity index is 248. The van der Waals surface area contributed by atoms with Gasteiger partial charge in [-0.2, -0.15) is 0 Å². The van der Waals surface area contributed by atoms with Crippen molar-refractivity contribution in [1.29, 1.82) is 0 Å². The summed E-state index contributed by atoms with van der Waals surface area (Å²) in [7, 11) is 1.61.